The van der Waals surface area contributed by atoms with Crippen LogP contribution >= 0.6 is 7.80 Å². The third-order valence-corrected chi connectivity index (χ3v) is 5.06. The fourth-order valence-corrected chi connectivity index (χ4v) is 3.44. The third-order valence-electron chi connectivity index (χ3n) is 3.62. The zero-order valence-electron chi connectivity index (χ0n) is 13.1. The van der Waals surface area contributed by atoms with Crippen LogP contribution in [0.3, 0.4) is 0 Å². The lowest BCUT2D eigenvalue weighted by molar-refractivity contribution is 0.414. The minimum atomic E-state index is -1.16. The molecule has 0 aliphatic heterocycles. The average Bonchev–Trinajstić information content (AvgIpc) is 2.59. The second kappa shape index (κ2) is 8.55. The molecule has 0 bridgehead atoms. The molecule has 4 heteroatoms. The topological polar surface area (TPSA) is 35.5 Å². The summed E-state index contributed by atoms with van der Waals surface area (Å²) in [6, 6.07) is 15.9. The van der Waals surface area contributed by atoms with Crippen molar-refractivity contribution in [2.24, 2.45) is 0 Å². The molecule has 0 spiro atoms. The first-order chi connectivity index (χ1) is 10.7. The standard InChI is InChI=1S/C18H22O3P/c1-20-17-7-3-15(4-8-17)11-13-22(19)14-12-16-5-9-18(21-2)10-6-16/h3-10H,11-14H2,1-2H3/q+1. The molecule has 0 fully saturated rings. The van der Waals surface area contributed by atoms with E-state index in [-0.39, 0.29) is 0 Å². The normalized spacial score (nSPS) is 10.3. The van der Waals surface area contributed by atoms with E-state index < -0.39 is 7.80 Å². The maximum atomic E-state index is 12.1. The predicted octanol–water partition coefficient (Wildman–Crippen LogP) is 4.32. The highest BCUT2D eigenvalue weighted by Crippen LogP contribution is 2.24. The molecule has 2 aromatic carbocycles. The lowest BCUT2D eigenvalue weighted by Gasteiger charge is -2.01. The van der Waals surface area contributed by atoms with Gasteiger partial charge in [0.1, 0.15) is 23.8 Å². The Hall–Kier alpha value is -1.86. The third kappa shape index (κ3) is 5.16. The SMILES string of the molecule is COc1ccc(CC[P+](=O)CCc2ccc(OC)cc2)cc1. The number of rotatable bonds is 8. The Morgan fingerprint density at radius 1 is 0.727 bits per heavy atom. The average molecular weight is 317 g/mol. The number of aryl methyl sites for hydroxylation is 2. The summed E-state index contributed by atoms with van der Waals surface area (Å²) in [6.45, 7) is 0. The summed E-state index contributed by atoms with van der Waals surface area (Å²) in [5.74, 6) is 1.71. The summed E-state index contributed by atoms with van der Waals surface area (Å²) in [5, 5.41) is 0. The molecule has 0 aliphatic rings. The van der Waals surface area contributed by atoms with Crippen LogP contribution in [-0.2, 0) is 17.4 Å². The number of benzene rings is 2. The Kier molecular flexibility index (Phi) is 6.42. The van der Waals surface area contributed by atoms with Crippen molar-refractivity contribution < 1.29 is 14.0 Å². The molecule has 2 aromatic rings. The van der Waals surface area contributed by atoms with E-state index >= 15 is 0 Å². The number of hydrogen-bond donors (Lipinski definition) is 0. The zero-order valence-corrected chi connectivity index (χ0v) is 14.0. The Balaban J connectivity index is 1.74. The second-order valence-electron chi connectivity index (χ2n) is 5.13. The lowest BCUT2D eigenvalue weighted by Crippen LogP contribution is -1.94. The summed E-state index contributed by atoms with van der Waals surface area (Å²) in [5.41, 5.74) is 2.40. The number of methoxy groups -OCH3 is 2. The molecule has 0 radical (unpaired) electrons. The second-order valence-corrected chi connectivity index (χ2v) is 6.98. The highest BCUT2D eigenvalue weighted by molar-refractivity contribution is 7.44. The Morgan fingerprint density at radius 2 is 1.09 bits per heavy atom. The first-order valence-corrected chi connectivity index (χ1v) is 9.02. The first kappa shape index (κ1) is 16.5. The van der Waals surface area contributed by atoms with Crippen molar-refractivity contribution in [1.82, 2.24) is 0 Å². The van der Waals surface area contributed by atoms with Gasteiger partial charge in [-0.05, 0) is 35.4 Å². The summed E-state index contributed by atoms with van der Waals surface area (Å²) in [7, 11) is 2.15. The van der Waals surface area contributed by atoms with Gasteiger partial charge in [-0.1, -0.05) is 28.8 Å². The van der Waals surface area contributed by atoms with Crippen molar-refractivity contribution in [3.05, 3.63) is 59.7 Å². The fourth-order valence-electron chi connectivity index (χ4n) is 2.20. The quantitative estimate of drug-likeness (QED) is 0.680. The van der Waals surface area contributed by atoms with Crippen LogP contribution in [0, 0.1) is 0 Å². The molecule has 0 heterocycles. The highest BCUT2D eigenvalue weighted by Gasteiger charge is 2.15. The Bertz CT molecular complexity index is 537. The lowest BCUT2D eigenvalue weighted by atomic mass is 10.2. The van der Waals surface area contributed by atoms with E-state index in [4.69, 9.17) is 9.47 Å². The van der Waals surface area contributed by atoms with Gasteiger partial charge in [0.05, 0.1) is 14.2 Å². The molecule has 22 heavy (non-hydrogen) atoms. The molecule has 116 valence electrons. The summed E-state index contributed by atoms with van der Waals surface area (Å²) < 4.78 is 22.4. The van der Waals surface area contributed by atoms with Gasteiger partial charge in [-0.3, -0.25) is 0 Å². The maximum absolute atomic E-state index is 12.1. The van der Waals surface area contributed by atoms with E-state index in [1.54, 1.807) is 14.2 Å². The van der Waals surface area contributed by atoms with Crippen LogP contribution in [0.1, 0.15) is 11.1 Å². The van der Waals surface area contributed by atoms with Crippen molar-refractivity contribution in [1.29, 1.82) is 0 Å². The molecule has 0 aliphatic carbocycles. The molecule has 0 amide bonds. The molecule has 2 rings (SSSR count). The van der Waals surface area contributed by atoms with Crippen molar-refractivity contribution in [3.8, 4) is 11.5 Å². The molecular weight excluding hydrogens is 295 g/mol. The molecule has 0 atom stereocenters. The number of ether oxygens (including phenoxy) is 2. The van der Waals surface area contributed by atoms with E-state index in [0.717, 1.165) is 36.7 Å². The van der Waals surface area contributed by atoms with Gasteiger partial charge in [-0.2, -0.15) is 0 Å². The van der Waals surface area contributed by atoms with Gasteiger partial charge in [0.2, 0.25) is 0 Å². The van der Waals surface area contributed by atoms with Gasteiger partial charge in [-0.25, -0.2) is 0 Å². The van der Waals surface area contributed by atoms with Crippen molar-refractivity contribution in [2.75, 3.05) is 26.5 Å². The van der Waals surface area contributed by atoms with E-state index in [1.165, 1.54) is 11.1 Å². The number of hydrogen-bond acceptors (Lipinski definition) is 3. The predicted molar refractivity (Wildman–Crippen MR) is 90.7 cm³/mol. The van der Waals surface area contributed by atoms with Gasteiger partial charge in [-0.15, -0.1) is 0 Å². The van der Waals surface area contributed by atoms with Gasteiger partial charge >= 0.3 is 7.80 Å². The molecule has 0 saturated heterocycles. The van der Waals surface area contributed by atoms with Crippen LogP contribution in [-0.4, -0.2) is 26.5 Å². The van der Waals surface area contributed by atoms with Crippen molar-refractivity contribution >= 4 is 7.80 Å². The van der Waals surface area contributed by atoms with Crippen molar-refractivity contribution in [3.63, 3.8) is 0 Å². The molecule has 0 N–H and O–H groups in total. The summed E-state index contributed by atoms with van der Waals surface area (Å²) >= 11 is 0. The fraction of sp³-hybridized carbons (Fsp3) is 0.333. The monoisotopic (exact) mass is 317 g/mol. The summed E-state index contributed by atoms with van der Waals surface area (Å²) in [4.78, 5) is 0. The molecule has 0 saturated carbocycles. The van der Waals surface area contributed by atoms with Gasteiger partial charge in [0.15, 0.2) is 0 Å². The van der Waals surface area contributed by atoms with Crippen LogP contribution in [0.2, 0.25) is 0 Å². The van der Waals surface area contributed by atoms with E-state index in [2.05, 4.69) is 0 Å². The van der Waals surface area contributed by atoms with Crippen molar-refractivity contribution in [2.45, 2.75) is 12.8 Å². The Labute approximate surface area is 133 Å². The minimum absolute atomic E-state index is 0.734. The molecular formula is C18H22O3P+. The minimum Gasteiger partial charge on any atom is -0.497 e. The molecule has 0 unspecified atom stereocenters. The molecule has 0 aromatic heterocycles. The smallest absolute Gasteiger partial charge is 0.339 e. The van der Waals surface area contributed by atoms with Gasteiger partial charge in [0.25, 0.3) is 0 Å². The van der Waals surface area contributed by atoms with Crippen LogP contribution < -0.4 is 9.47 Å². The summed E-state index contributed by atoms with van der Waals surface area (Å²) in [6.07, 6.45) is 3.17. The molecule has 3 nitrogen and oxygen atoms in total. The maximum Gasteiger partial charge on any atom is 0.339 e. The van der Waals surface area contributed by atoms with Gasteiger partial charge in [0, 0.05) is 12.8 Å². The largest absolute Gasteiger partial charge is 0.497 e. The van der Waals surface area contributed by atoms with Crippen LogP contribution in [0.5, 0.6) is 11.5 Å². The van der Waals surface area contributed by atoms with Crippen LogP contribution in [0.4, 0.5) is 0 Å². The van der Waals surface area contributed by atoms with Gasteiger partial charge < -0.3 is 9.47 Å². The van der Waals surface area contributed by atoms with E-state index in [1.807, 2.05) is 48.5 Å². The Morgan fingerprint density at radius 3 is 1.41 bits per heavy atom. The highest BCUT2D eigenvalue weighted by atomic mass is 31.1. The van der Waals surface area contributed by atoms with E-state index in [0.29, 0.717) is 0 Å². The zero-order chi connectivity index (χ0) is 15.8. The first-order valence-electron chi connectivity index (χ1n) is 7.39. The van der Waals surface area contributed by atoms with Crippen LogP contribution in [0.25, 0.3) is 0 Å². The van der Waals surface area contributed by atoms with Crippen LogP contribution in [0.15, 0.2) is 48.5 Å². The van der Waals surface area contributed by atoms with E-state index in [9.17, 15) is 4.57 Å².